The van der Waals surface area contributed by atoms with Gasteiger partial charge in [-0.1, -0.05) is 19.3 Å². The summed E-state index contributed by atoms with van der Waals surface area (Å²) in [6.07, 6.45) is -1.19. The van der Waals surface area contributed by atoms with E-state index in [1.165, 1.54) is 12.1 Å². The first-order valence-corrected chi connectivity index (χ1v) is 7.66. The number of halogens is 3. The van der Waals surface area contributed by atoms with Gasteiger partial charge >= 0.3 is 12.3 Å². The van der Waals surface area contributed by atoms with Crippen molar-refractivity contribution in [3.8, 4) is 5.75 Å². The quantitative estimate of drug-likeness (QED) is 0.821. The van der Waals surface area contributed by atoms with Gasteiger partial charge in [-0.25, -0.2) is 0 Å². The lowest BCUT2D eigenvalue weighted by molar-refractivity contribution is -0.274. The van der Waals surface area contributed by atoms with Gasteiger partial charge < -0.3 is 15.2 Å². The van der Waals surface area contributed by atoms with E-state index in [4.69, 9.17) is 0 Å². The summed E-state index contributed by atoms with van der Waals surface area (Å²) in [5.74, 6) is -2.52. The van der Waals surface area contributed by atoms with E-state index in [0.29, 0.717) is 12.8 Å². The van der Waals surface area contributed by atoms with Crippen LogP contribution in [0.1, 0.15) is 42.5 Å². The molecule has 1 aliphatic rings. The van der Waals surface area contributed by atoms with Crippen LogP contribution in [0.15, 0.2) is 24.3 Å². The molecule has 2 atom stereocenters. The third-order valence-corrected chi connectivity index (χ3v) is 4.00. The van der Waals surface area contributed by atoms with Gasteiger partial charge in [-0.15, -0.1) is 13.2 Å². The summed E-state index contributed by atoms with van der Waals surface area (Å²) >= 11 is 0. The van der Waals surface area contributed by atoms with Crippen LogP contribution >= 0.6 is 0 Å². The molecule has 0 spiro atoms. The molecule has 8 heteroatoms. The number of carbonyl (C=O) groups excluding carboxylic acids is 1. The zero-order valence-electron chi connectivity index (χ0n) is 12.8. The molecular formula is C16H18F3NO4. The van der Waals surface area contributed by atoms with Crippen LogP contribution in [-0.2, 0) is 4.79 Å². The molecule has 0 unspecified atom stereocenters. The molecule has 0 aromatic heterocycles. The Labute approximate surface area is 136 Å². The first kappa shape index (κ1) is 18.1. The minimum atomic E-state index is -4.79. The highest BCUT2D eigenvalue weighted by Crippen LogP contribution is 2.25. The van der Waals surface area contributed by atoms with E-state index in [0.717, 1.165) is 31.4 Å². The number of carbonyl (C=O) groups is 2. The lowest BCUT2D eigenvalue weighted by atomic mass is 9.94. The molecule has 1 aromatic rings. The number of carboxylic acid groups (broad SMARTS) is 1. The molecule has 132 valence electrons. The van der Waals surface area contributed by atoms with Crippen LogP contribution < -0.4 is 10.1 Å². The lowest BCUT2D eigenvalue weighted by Gasteiger charge is -2.23. The molecule has 0 heterocycles. The molecule has 0 bridgehead atoms. The van der Waals surface area contributed by atoms with Crippen molar-refractivity contribution < 1.29 is 32.6 Å². The Bertz CT molecular complexity index is 586. The van der Waals surface area contributed by atoms with Gasteiger partial charge in [-0.3, -0.25) is 9.59 Å². The van der Waals surface area contributed by atoms with Crippen LogP contribution in [0.25, 0.3) is 0 Å². The number of alkyl halides is 3. The summed E-state index contributed by atoms with van der Waals surface area (Å²) in [6, 6.07) is 4.03. The minimum Gasteiger partial charge on any atom is -0.481 e. The second-order valence-corrected chi connectivity index (χ2v) is 5.73. The number of benzene rings is 1. The van der Waals surface area contributed by atoms with Crippen molar-refractivity contribution in [1.82, 2.24) is 5.32 Å². The van der Waals surface area contributed by atoms with Gasteiger partial charge in [0.15, 0.2) is 0 Å². The number of hydrogen-bond donors (Lipinski definition) is 2. The Balaban J connectivity index is 2.03. The van der Waals surface area contributed by atoms with Gasteiger partial charge in [0.2, 0.25) is 0 Å². The largest absolute Gasteiger partial charge is 0.573 e. The normalized spacial score (nSPS) is 21.6. The smallest absolute Gasteiger partial charge is 0.481 e. The Hall–Kier alpha value is -2.25. The highest BCUT2D eigenvalue weighted by atomic mass is 19.4. The van der Waals surface area contributed by atoms with Crippen molar-refractivity contribution in [1.29, 1.82) is 0 Å². The maximum atomic E-state index is 12.2. The van der Waals surface area contributed by atoms with Crippen LogP contribution in [0, 0.1) is 5.92 Å². The summed E-state index contributed by atoms with van der Waals surface area (Å²) in [7, 11) is 0. The van der Waals surface area contributed by atoms with E-state index in [1.807, 2.05) is 0 Å². The maximum absolute atomic E-state index is 12.2. The number of aliphatic carboxylic acids is 1. The topological polar surface area (TPSA) is 75.6 Å². The van der Waals surface area contributed by atoms with Crippen molar-refractivity contribution in [2.45, 2.75) is 44.5 Å². The SMILES string of the molecule is O=C(N[C@H]1CCCCC[C@H]1C(=O)O)c1ccc(OC(F)(F)F)cc1. The molecule has 2 N–H and O–H groups in total. The number of rotatable bonds is 4. The van der Waals surface area contributed by atoms with E-state index in [-0.39, 0.29) is 5.56 Å². The third-order valence-electron chi connectivity index (χ3n) is 4.00. The van der Waals surface area contributed by atoms with Crippen molar-refractivity contribution in [3.63, 3.8) is 0 Å². The molecule has 24 heavy (non-hydrogen) atoms. The lowest BCUT2D eigenvalue weighted by Crippen LogP contribution is -2.42. The highest BCUT2D eigenvalue weighted by molar-refractivity contribution is 5.94. The van der Waals surface area contributed by atoms with E-state index < -0.39 is 35.9 Å². The zero-order chi connectivity index (χ0) is 17.7. The van der Waals surface area contributed by atoms with Crippen LogP contribution in [0.4, 0.5) is 13.2 Å². The molecule has 5 nitrogen and oxygen atoms in total. The van der Waals surface area contributed by atoms with Crippen molar-refractivity contribution in [3.05, 3.63) is 29.8 Å². The Morgan fingerprint density at radius 2 is 1.71 bits per heavy atom. The molecule has 1 saturated carbocycles. The van der Waals surface area contributed by atoms with Gasteiger partial charge in [-0.2, -0.15) is 0 Å². The number of amides is 1. The van der Waals surface area contributed by atoms with Gasteiger partial charge in [-0.05, 0) is 37.1 Å². The van der Waals surface area contributed by atoms with Crippen LogP contribution in [0.3, 0.4) is 0 Å². The molecule has 0 saturated heterocycles. The van der Waals surface area contributed by atoms with Crippen molar-refractivity contribution in [2.24, 2.45) is 5.92 Å². The molecule has 2 rings (SSSR count). The summed E-state index contributed by atoms with van der Waals surface area (Å²) < 4.78 is 40.1. The van der Waals surface area contributed by atoms with Gasteiger partial charge in [0, 0.05) is 11.6 Å². The first-order valence-electron chi connectivity index (χ1n) is 7.66. The Morgan fingerprint density at radius 1 is 1.08 bits per heavy atom. The summed E-state index contributed by atoms with van der Waals surface area (Å²) in [4.78, 5) is 23.6. The predicted molar refractivity (Wildman–Crippen MR) is 78.6 cm³/mol. The second-order valence-electron chi connectivity index (χ2n) is 5.73. The van der Waals surface area contributed by atoms with E-state index >= 15 is 0 Å². The average molecular weight is 345 g/mol. The maximum Gasteiger partial charge on any atom is 0.573 e. The average Bonchev–Trinajstić information content (AvgIpc) is 2.71. The standard InChI is InChI=1S/C16H18F3NO4/c17-16(18,19)24-11-8-6-10(7-9-11)14(21)20-13-5-3-1-2-4-12(13)15(22)23/h6-9,12-13H,1-5H2,(H,20,21)(H,22,23)/t12-,13+/m1/s1. The number of carboxylic acids is 1. The Morgan fingerprint density at radius 3 is 2.29 bits per heavy atom. The number of ether oxygens (including phenoxy) is 1. The van der Waals surface area contributed by atoms with E-state index in [2.05, 4.69) is 10.1 Å². The van der Waals surface area contributed by atoms with E-state index in [9.17, 15) is 27.9 Å². The minimum absolute atomic E-state index is 0.151. The molecular weight excluding hydrogens is 327 g/mol. The van der Waals surface area contributed by atoms with Gasteiger partial charge in [0.25, 0.3) is 5.91 Å². The second kappa shape index (κ2) is 7.55. The molecule has 1 amide bonds. The monoisotopic (exact) mass is 345 g/mol. The molecule has 1 aromatic carbocycles. The third kappa shape index (κ3) is 5.14. The molecule has 0 radical (unpaired) electrons. The summed E-state index contributed by atoms with van der Waals surface area (Å²) in [5, 5.41) is 12.0. The summed E-state index contributed by atoms with van der Waals surface area (Å²) in [5.41, 5.74) is 0.151. The first-order chi connectivity index (χ1) is 11.3. The van der Waals surface area contributed by atoms with Crippen LogP contribution in [0.5, 0.6) is 5.75 Å². The number of hydrogen-bond acceptors (Lipinski definition) is 3. The van der Waals surface area contributed by atoms with Crippen molar-refractivity contribution >= 4 is 11.9 Å². The fraction of sp³-hybridized carbons (Fsp3) is 0.500. The summed E-state index contributed by atoms with van der Waals surface area (Å²) in [6.45, 7) is 0. The van der Waals surface area contributed by atoms with Crippen LogP contribution in [-0.4, -0.2) is 29.4 Å². The molecule has 1 aliphatic carbocycles. The van der Waals surface area contributed by atoms with E-state index in [1.54, 1.807) is 0 Å². The van der Waals surface area contributed by atoms with Gasteiger partial charge in [0.05, 0.1) is 5.92 Å². The van der Waals surface area contributed by atoms with Gasteiger partial charge in [0.1, 0.15) is 5.75 Å². The van der Waals surface area contributed by atoms with Crippen LogP contribution in [0.2, 0.25) is 0 Å². The highest BCUT2D eigenvalue weighted by Gasteiger charge is 2.32. The fourth-order valence-electron chi connectivity index (χ4n) is 2.84. The Kier molecular flexibility index (Phi) is 5.69. The molecule has 0 aliphatic heterocycles. The van der Waals surface area contributed by atoms with Crippen molar-refractivity contribution in [2.75, 3.05) is 0 Å². The fourth-order valence-corrected chi connectivity index (χ4v) is 2.84. The zero-order valence-corrected chi connectivity index (χ0v) is 12.8. The predicted octanol–water partition coefficient (Wildman–Crippen LogP) is 3.35. The number of nitrogens with one attached hydrogen (secondary N) is 1. The molecule has 1 fully saturated rings.